The van der Waals surface area contributed by atoms with E-state index in [0.717, 1.165) is 44.2 Å². The van der Waals surface area contributed by atoms with Gasteiger partial charge < -0.3 is 20.6 Å². The van der Waals surface area contributed by atoms with E-state index in [1.165, 1.54) is 0 Å². The highest BCUT2D eigenvalue weighted by Crippen LogP contribution is 2.31. The predicted octanol–water partition coefficient (Wildman–Crippen LogP) is 0.808. The van der Waals surface area contributed by atoms with Crippen molar-refractivity contribution in [1.82, 2.24) is 25.5 Å². The molecule has 2 atom stereocenters. The lowest BCUT2D eigenvalue weighted by Crippen LogP contribution is -2.62. The minimum atomic E-state index is -0.747. The van der Waals surface area contributed by atoms with E-state index in [2.05, 4.69) is 30.4 Å². The van der Waals surface area contributed by atoms with Crippen LogP contribution in [0.25, 0.3) is 0 Å². The third kappa shape index (κ3) is 5.84. The lowest BCUT2D eigenvalue weighted by atomic mass is 9.79. The van der Waals surface area contributed by atoms with Crippen molar-refractivity contribution in [2.45, 2.75) is 18.1 Å². The zero-order valence-corrected chi connectivity index (χ0v) is 18.9. The second-order valence-electron chi connectivity index (χ2n) is 7.67. The zero-order chi connectivity index (χ0) is 20.1. The lowest BCUT2D eigenvalue weighted by Gasteiger charge is -2.43. The molecule has 3 N–H and O–H groups in total. The van der Waals surface area contributed by atoms with Gasteiger partial charge in [0, 0.05) is 45.1 Å². The second-order valence-corrected chi connectivity index (χ2v) is 7.67. The maximum Gasteiger partial charge on any atom is 0.234 e. The topological polar surface area (TPSA) is 93.6 Å². The first-order valence-corrected chi connectivity index (χ1v) is 10.2. The van der Waals surface area contributed by atoms with E-state index in [1.54, 1.807) is 12.4 Å². The smallest absolute Gasteiger partial charge is 0.234 e. The summed E-state index contributed by atoms with van der Waals surface area (Å²) in [4.78, 5) is 25.8. The largest absolute Gasteiger partial charge is 0.389 e. The molecule has 0 bridgehead atoms. The lowest BCUT2D eigenvalue weighted by molar-refractivity contribution is -0.127. The van der Waals surface area contributed by atoms with Crippen molar-refractivity contribution in [3.05, 3.63) is 54.4 Å². The number of piperidine rings is 1. The van der Waals surface area contributed by atoms with Gasteiger partial charge in [-0.15, -0.1) is 24.8 Å². The Morgan fingerprint density at radius 3 is 2.42 bits per heavy atom. The number of carbonyl (C=O) groups is 1. The summed E-state index contributed by atoms with van der Waals surface area (Å²) in [7, 11) is 0. The van der Waals surface area contributed by atoms with Gasteiger partial charge in [0.1, 0.15) is 0 Å². The van der Waals surface area contributed by atoms with E-state index in [-0.39, 0.29) is 30.7 Å². The Bertz CT molecular complexity index is 808. The fourth-order valence-corrected chi connectivity index (χ4v) is 4.21. The highest BCUT2D eigenvalue weighted by molar-refractivity contribution is 5.85. The van der Waals surface area contributed by atoms with E-state index >= 15 is 0 Å². The van der Waals surface area contributed by atoms with E-state index in [1.807, 2.05) is 36.4 Å². The Balaban J connectivity index is 0.00000171. The number of piperazine rings is 1. The number of anilines is 1. The molecule has 10 heteroatoms. The summed E-state index contributed by atoms with van der Waals surface area (Å²) in [5.41, 5.74) is 0.205. The van der Waals surface area contributed by atoms with Gasteiger partial charge in [-0.25, -0.2) is 9.97 Å². The number of carbonyl (C=O) groups excluding carboxylic acids is 1. The van der Waals surface area contributed by atoms with E-state index in [4.69, 9.17) is 0 Å². The summed E-state index contributed by atoms with van der Waals surface area (Å²) in [5.74, 6) is 0.677. The van der Waals surface area contributed by atoms with Crippen molar-refractivity contribution in [2.24, 2.45) is 0 Å². The van der Waals surface area contributed by atoms with Gasteiger partial charge in [0.2, 0.25) is 11.9 Å². The van der Waals surface area contributed by atoms with Crippen LogP contribution >= 0.6 is 24.8 Å². The molecule has 170 valence electrons. The molecule has 0 radical (unpaired) electrons. The van der Waals surface area contributed by atoms with Crippen molar-refractivity contribution in [3.8, 4) is 0 Å². The molecule has 1 aromatic carbocycles. The normalized spacial score (nSPS) is 23.9. The van der Waals surface area contributed by atoms with Gasteiger partial charge in [-0.1, -0.05) is 30.3 Å². The number of rotatable bonds is 5. The molecule has 2 fully saturated rings. The van der Waals surface area contributed by atoms with Gasteiger partial charge in [0.15, 0.2) is 0 Å². The molecule has 8 nitrogen and oxygen atoms in total. The van der Waals surface area contributed by atoms with Gasteiger partial charge >= 0.3 is 0 Å². The van der Waals surface area contributed by atoms with Crippen LogP contribution in [-0.2, 0) is 10.3 Å². The van der Waals surface area contributed by atoms with Crippen LogP contribution in [0.5, 0.6) is 0 Å². The first-order chi connectivity index (χ1) is 14.2. The minimum absolute atomic E-state index is 0. The number of hydrogen-bond acceptors (Lipinski definition) is 7. The molecule has 2 saturated heterocycles. The van der Waals surface area contributed by atoms with Gasteiger partial charge in [-0.05, 0) is 24.6 Å². The fourth-order valence-electron chi connectivity index (χ4n) is 4.21. The van der Waals surface area contributed by atoms with Crippen LogP contribution in [-0.4, -0.2) is 77.8 Å². The van der Waals surface area contributed by atoms with Gasteiger partial charge in [0.05, 0.1) is 18.2 Å². The Hall–Kier alpha value is -1.97. The number of aliphatic hydroxyl groups is 1. The number of aromatic nitrogens is 2. The quantitative estimate of drug-likeness (QED) is 0.597. The molecule has 1 aromatic heterocycles. The van der Waals surface area contributed by atoms with Crippen LogP contribution in [0.1, 0.15) is 12.0 Å². The van der Waals surface area contributed by atoms with E-state index in [0.29, 0.717) is 19.5 Å². The molecule has 0 saturated carbocycles. The molecule has 0 aliphatic carbocycles. The number of β-amino-alcohol motifs (C(OH)–C–C–N with tert-alkyl or cyclic N) is 1. The number of nitrogens with zero attached hydrogens (tertiary/aromatic N) is 4. The SMILES string of the molecule is Cl.Cl.O=C(CN1CCN(c2ncccn2)CC1)N[C@]1(c2ccccc2)CCNC[C@H]1O. The summed E-state index contributed by atoms with van der Waals surface area (Å²) in [6, 6.07) is 11.6. The second kappa shape index (κ2) is 11.6. The van der Waals surface area contributed by atoms with Gasteiger partial charge in [-0.3, -0.25) is 9.69 Å². The Labute approximate surface area is 195 Å². The van der Waals surface area contributed by atoms with Crippen molar-refractivity contribution >= 4 is 36.7 Å². The van der Waals surface area contributed by atoms with Crippen molar-refractivity contribution in [3.63, 3.8) is 0 Å². The predicted molar refractivity (Wildman–Crippen MR) is 125 cm³/mol. The van der Waals surface area contributed by atoms with E-state index < -0.39 is 11.6 Å². The van der Waals surface area contributed by atoms with Gasteiger partial charge in [0.25, 0.3) is 0 Å². The van der Waals surface area contributed by atoms with Crippen LogP contribution in [0.3, 0.4) is 0 Å². The first kappa shape index (κ1) is 25.3. The van der Waals surface area contributed by atoms with Crippen molar-refractivity contribution < 1.29 is 9.90 Å². The molecule has 4 rings (SSSR count). The Morgan fingerprint density at radius 2 is 1.77 bits per heavy atom. The molecule has 2 aliphatic heterocycles. The molecular formula is C21H30Cl2N6O2. The molecule has 31 heavy (non-hydrogen) atoms. The summed E-state index contributed by atoms with van der Waals surface area (Å²) in [6.45, 7) is 4.65. The standard InChI is InChI=1S/C21H28N6O2.2ClH/c28-18-15-22-10-7-21(18,17-5-2-1-3-6-17)25-19(29)16-26-11-13-27(14-12-26)20-23-8-4-9-24-20;;/h1-6,8-9,18,22,28H,7,10-16H2,(H,25,29);2*1H/t18-,21+;;/m1../s1. The summed E-state index contributed by atoms with van der Waals surface area (Å²) in [5, 5.41) is 17.2. The molecule has 1 amide bonds. The summed E-state index contributed by atoms with van der Waals surface area (Å²) < 4.78 is 0. The molecule has 0 spiro atoms. The van der Waals surface area contributed by atoms with Crippen LogP contribution in [0.15, 0.2) is 48.8 Å². The monoisotopic (exact) mass is 468 g/mol. The number of aliphatic hydroxyl groups excluding tert-OH is 1. The molecular weight excluding hydrogens is 439 g/mol. The number of nitrogens with one attached hydrogen (secondary N) is 2. The van der Waals surface area contributed by atoms with Crippen LogP contribution in [0.4, 0.5) is 5.95 Å². The zero-order valence-electron chi connectivity index (χ0n) is 17.3. The van der Waals surface area contributed by atoms with Crippen LogP contribution < -0.4 is 15.5 Å². The van der Waals surface area contributed by atoms with Crippen molar-refractivity contribution in [2.75, 3.05) is 50.7 Å². The first-order valence-electron chi connectivity index (χ1n) is 10.2. The summed E-state index contributed by atoms with van der Waals surface area (Å²) in [6.07, 6.45) is 3.48. The number of amides is 1. The minimum Gasteiger partial charge on any atom is -0.389 e. The number of benzene rings is 1. The maximum atomic E-state index is 12.9. The number of halogens is 2. The average Bonchev–Trinajstić information content (AvgIpc) is 2.77. The van der Waals surface area contributed by atoms with Crippen LogP contribution in [0.2, 0.25) is 0 Å². The molecule has 2 aliphatic rings. The Morgan fingerprint density at radius 1 is 1.10 bits per heavy atom. The summed E-state index contributed by atoms with van der Waals surface area (Å²) >= 11 is 0. The Kier molecular flexibility index (Phi) is 9.46. The third-order valence-electron chi connectivity index (χ3n) is 5.83. The average molecular weight is 469 g/mol. The number of hydrogen-bond donors (Lipinski definition) is 3. The fraction of sp³-hybridized carbons (Fsp3) is 0.476. The molecule has 3 heterocycles. The van der Waals surface area contributed by atoms with E-state index in [9.17, 15) is 9.90 Å². The van der Waals surface area contributed by atoms with Gasteiger partial charge in [-0.2, -0.15) is 0 Å². The maximum absolute atomic E-state index is 12.9. The molecule has 2 aromatic rings. The third-order valence-corrected chi connectivity index (χ3v) is 5.83. The molecule has 0 unspecified atom stereocenters. The highest BCUT2D eigenvalue weighted by Gasteiger charge is 2.42. The van der Waals surface area contributed by atoms with Crippen LogP contribution in [0, 0.1) is 0 Å². The van der Waals surface area contributed by atoms with Crippen molar-refractivity contribution in [1.29, 1.82) is 0 Å². The highest BCUT2D eigenvalue weighted by atomic mass is 35.5.